The fourth-order valence-electron chi connectivity index (χ4n) is 2.92. The first-order valence-electron chi connectivity index (χ1n) is 6.69. The number of piperidine rings is 1. The van der Waals surface area contributed by atoms with Crippen molar-refractivity contribution in [3.05, 3.63) is 0 Å². The number of nitrogens with zero attached hydrogens (tertiary/aromatic N) is 1. The molecule has 0 radical (unpaired) electrons. The molecule has 0 amide bonds. The minimum Gasteiger partial charge on any atom is -0.312 e. The maximum Gasteiger partial charge on any atom is 0.0198 e. The predicted molar refractivity (Wildman–Crippen MR) is 65.0 cm³/mol. The number of likely N-dealkylation sites (N-methyl/N-ethyl adjacent to an activating group) is 1. The second-order valence-corrected chi connectivity index (χ2v) is 5.63. The van der Waals surface area contributed by atoms with Crippen molar-refractivity contribution in [2.24, 2.45) is 11.8 Å². The van der Waals surface area contributed by atoms with Gasteiger partial charge in [-0.25, -0.2) is 0 Å². The molecule has 88 valence electrons. The Kier molecular flexibility index (Phi) is 4.04. The quantitative estimate of drug-likeness (QED) is 0.764. The molecule has 15 heavy (non-hydrogen) atoms. The number of rotatable bonds is 4. The average molecular weight is 210 g/mol. The van der Waals surface area contributed by atoms with E-state index in [0.717, 1.165) is 17.9 Å². The van der Waals surface area contributed by atoms with Gasteiger partial charge in [0.2, 0.25) is 0 Å². The number of likely N-dealkylation sites (tertiary alicyclic amines) is 1. The van der Waals surface area contributed by atoms with Crippen molar-refractivity contribution in [2.75, 3.05) is 26.7 Å². The second-order valence-electron chi connectivity index (χ2n) is 5.63. The summed E-state index contributed by atoms with van der Waals surface area (Å²) in [5.74, 6) is 1.92. The Balaban J connectivity index is 1.70. The zero-order chi connectivity index (χ0) is 10.7. The highest BCUT2D eigenvalue weighted by Gasteiger charge is 2.25. The fourth-order valence-corrected chi connectivity index (χ4v) is 2.92. The molecular weight excluding hydrogens is 184 g/mol. The molecule has 2 atom stereocenters. The molecule has 2 fully saturated rings. The van der Waals surface area contributed by atoms with E-state index >= 15 is 0 Å². The minimum absolute atomic E-state index is 0.759. The molecule has 0 aromatic rings. The zero-order valence-corrected chi connectivity index (χ0v) is 10.3. The zero-order valence-electron chi connectivity index (χ0n) is 10.3. The third-order valence-electron chi connectivity index (χ3n) is 4.22. The SMILES string of the molecule is CCC1CC(NCC2CCC2)CN(C)C1. The summed E-state index contributed by atoms with van der Waals surface area (Å²) in [6.07, 6.45) is 7.13. The van der Waals surface area contributed by atoms with Crippen LogP contribution in [-0.4, -0.2) is 37.6 Å². The van der Waals surface area contributed by atoms with Crippen LogP contribution in [0.5, 0.6) is 0 Å². The first-order valence-corrected chi connectivity index (χ1v) is 6.69. The molecule has 1 aliphatic heterocycles. The van der Waals surface area contributed by atoms with Crippen LogP contribution in [0, 0.1) is 11.8 Å². The van der Waals surface area contributed by atoms with Gasteiger partial charge in [0.15, 0.2) is 0 Å². The monoisotopic (exact) mass is 210 g/mol. The van der Waals surface area contributed by atoms with Crippen molar-refractivity contribution in [3.63, 3.8) is 0 Å². The molecule has 1 aliphatic carbocycles. The maximum atomic E-state index is 3.78. The smallest absolute Gasteiger partial charge is 0.0198 e. The maximum absolute atomic E-state index is 3.78. The highest BCUT2D eigenvalue weighted by Crippen LogP contribution is 2.26. The summed E-state index contributed by atoms with van der Waals surface area (Å²) in [5.41, 5.74) is 0. The van der Waals surface area contributed by atoms with Crippen LogP contribution >= 0.6 is 0 Å². The van der Waals surface area contributed by atoms with Crippen LogP contribution in [-0.2, 0) is 0 Å². The molecule has 0 aromatic carbocycles. The molecule has 1 saturated carbocycles. The molecule has 2 unspecified atom stereocenters. The minimum atomic E-state index is 0.759. The van der Waals surface area contributed by atoms with Gasteiger partial charge in [0.1, 0.15) is 0 Å². The average Bonchev–Trinajstić information content (AvgIpc) is 2.14. The summed E-state index contributed by atoms with van der Waals surface area (Å²) in [7, 11) is 2.26. The number of nitrogens with one attached hydrogen (secondary N) is 1. The molecule has 2 aliphatic rings. The van der Waals surface area contributed by atoms with Crippen molar-refractivity contribution in [1.29, 1.82) is 0 Å². The molecule has 1 saturated heterocycles. The first kappa shape index (κ1) is 11.4. The van der Waals surface area contributed by atoms with Gasteiger partial charge >= 0.3 is 0 Å². The van der Waals surface area contributed by atoms with Gasteiger partial charge in [0.25, 0.3) is 0 Å². The molecule has 0 spiro atoms. The lowest BCUT2D eigenvalue weighted by Gasteiger charge is -2.37. The highest BCUT2D eigenvalue weighted by atomic mass is 15.1. The van der Waals surface area contributed by atoms with E-state index in [-0.39, 0.29) is 0 Å². The van der Waals surface area contributed by atoms with E-state index in [4.69, 9.17) is 0 Å². The van der Waals surface area contributed by atoms with Gasteiger partial charge in [-0.1, -0.05) is 19.8 Å². The van der Waals surface area contributed by atoms with Crippen molar-refractivity contribution in [2.45, 2.75) is 45.1 Å². The van der Waals surface area contributed by atoms with Crippen LogP contribution in [0.1, 0.15) is 39.0 Å². The van der Waals surface area contributed by atoms with Crippen molar-refractivity contribution >= 4 is 0 Å². The summed E-state index contributed by atoms with van der Waals surface area (Å²) in [6, 6.07) is 0.759. The number of hydrogen-bond donors (Lipinski definition) is 1. The summed E-state index contributed by atoms with van der Waals surface area (Å²) in [4.78, 5) is 2.50. The Bertz CT molecular complexity index is 189. The van der Waals surface area contributed by atoms with Crippen LogP contribution in [0.4, 0.5) is 0 Å². The fraction of sp³-hybridized carbons (Fsp3) is 1.00. The van der Waals surface area contributed by atoms with Gasteiger partial charge in [-0.3, -0.25) is 0 Å². The Morgan fingerprint density at radius 3 is 2.60 bits per heavy atom. The largest absolute Gasteiger partial charge is 0.312 e. The summed E-state index contributed by atoms with van der Waals surface area (Å²) >= 11 is 0. The van der Waals surface area contributed by atoms with Crippen LogP contribution in [0.15, 0.2) is 0 Å². The van der Waals surface area contributed by atoms with Gasteiger partial charge in [-0.05, 0) is 44.7 Å². The van der Waals surface area contributed by atoms with Crippen LogP contribution in [0.25, 0.3) is 0 Å². The summed E-state index contributed by atoms with van der Waals surface area (Å²) < 4.78 is 0. The Hall–Kier alpha value is -0.0800. The van der Waals surface area contributed by atoms with Gasteiger partial charge in [0, 0.05) is 19.1 Å². The molecule has 0 bridgehead atoms. The molecule has 1 N–H and O–H groups in total. The topological polar surface area (TPSA) is 15.3 Å². The molecule has 2 rings (SSSR count). The Labute approximate surface area is 94.4 Å². The van der Waals surface area contributed by atoms with E-state index < -0.39 is 0 Å². The van der Waals surface area contributed by atoms with Gasteiger partial charge < -0.3 is 10.2 Å². The second kappa shape index (κ2) is 5.31. The van der Waals surface area contributed by atoms with Crippen LogP contribution in [0.3, 0.4) is 0 Å². The molecule has 2 heteroatoms. The van der Waals surface area contributed by atoms with Gasteiger partial charge in [-0.15, -0.1) is 0 Å². The summed E-state index contributed by atoms with van der Waals surface area (Å²) in [5, 5.41) is 3.78. The highest BCUT2D eigenvalue weighted by molar-refractivity contribution is 4.83. The number of hydrogen-bond acceptors (Lipinski definition) is 2. The third-order valence-corrected chi connectivity index (χ3v) is 4.22. The van der Waals surface area contributed by atoms with E-state index in [1.54, 1.807) is 0 Å². The van der Waals surface area contributed by atoms with Crippen molar-refractivity contribution in [1.82, 2.24) is 10.2 Å². The van der Waals surface area contributed by atoms with Gasteiger partial charge in [-0.2, -0.15) is 0 Å². The Morgan fingerprint density at radius 2 is 2.00 bits per heavy atom. The van der Waals surface area contributed by atoms with Crippen LogP contribution < -0.4 is 5.32 Å². The summed E-state index contributed by atoms with van der Waals surface area (Å²) in [6.45, 7) is 6.16. The lowest BCUT2D eigenvalue weighted by molar-refractivity contribution is 0.157. The van der Waals surface area contributed by atoms with E-state index in [2.05, 4.69) is 24.2 Å². The predicted octanol–water partition coefficient (Wildman–Crippen LogP) is 2.11. The normalized spacial score (nSPS) is 34.0. The third kappa shape index (κ3) is 3.18. The first-order chi connectivity index (χ1) is 7.28. The molecular formula is C13H26N2. The van der Waals surface area contributed by atoms with E-state index in [0.29, 0.717) is 0 Å². The molecule has 1 heterocycles. The standard InChI is InChI=1S/C13H26N2/c1-3-11-7-13(10-15(2)9-11)14-8-12-5-4-6-12/h11-14H,3-10H2,1-2H3. The van der Waals surface area contributed by atoms with Crippen LogP contribution in [0.2, 0.25) is 0 Å². The molecule has 2 nitrogen and oxygen atoms in total. The van der Waals surface area contributed by atoms with Crippen molar-refractivity contribution in [3.8, 4) is 0 Å². The van der Waals surface area contributed by atoms with Gasteiger partial charge in [0.05, 0.1) is 0 Å². The lowest BCUT2D eigenvalue weighted by atomic mass is 9.85. The molecule has 0 aromatic heterocycles. The lowest BCUT2D eigenvalue weighted by Crippen LogP contribution is -2.49. The van der Waals surface area contributed by atoms with E-state index in [1.165, 1.54) is 51.7 Å². The van der Waals surface area contributed by atoms with E-state index in [9.17, 15) is 0 Å². The van der Waals surface area contributed by atoms with Crippen molar-refractivity contribution < 1.29 is 0 Å². The van der Waals surface area contributed by atoms with E-state index in [1.807, 2.05) is 0 Å². The Morgan fingerprint density at radius 1 is 1.20 bits per heavy atom.